The number of esters is 1. The van der Waals surface area contributed by atoms with Gasteiger partial charge in [0.15, 0.2) is 0 Å². The molecule has 15 heavy (non-hydrogen) atoms. The second kappa shape index (κ2) is 8.51. The van der Waals surface area contributed by atoms with Crippen molar-refractivity contribution in [3.63, 3.8) is 0 Å². The zero-order valence-electron chi connectivity index (χ0n) is 8.82. The molecule has 0 aliphatic carbocycles. The van der Waals surface area contributed by atoms with Gasteiger partial charge in [0.1, 0.15) is 5.25 Å². The van der Waals surface area contributed by atoms with Crippen LogP contribution in [0.4, 0.5) is 0 Å². The Morgan fingerprint density at radius 2 is 2.20 bits per heavy atom. The summed E-state index contributed by atoms with van der Waals surface area (Å²) in [5.41, 5.74) is 2.01. The van der Waals surface area contributed by atoms with Crippen LogP contribution in [0.15, 0.2) is 0 Å². The minimum atomic E-state index is -0.496. The van der Waals surface area contributed by atoms with Gasteiger partial charge >= 0.3 is 5.97 Å². The largest absolute Gasteiger partial charge is 0.465 e. The van der Waals surface area contributed by atoms with Crippen LogP contribution in [0.1, 0.15) is 6.92 Å². The minimum absolute atomic E-state index is 0.106. The first-order valence-corrected chi connectivity index (χ1v) is 5.47. The van der Waals surface area contributed by atoms with Crippen LogP contribution in [0.25, 0.3) is 0 Å². The van der Waals surface area contributed by atoms with E-state index in [1.54, 1.807) is 6.92 Å². The third kappa shape index (κ3) is 6.32. The highest BCUT2D eigenvalue weighted by Crippen LogP contribution is 2.11. The van der Waals surface area contributed by atoms with Gasteiger partial charge in [-0.3, -0.25) is 15.0 Å². The fourth-order valence-electron chi connectivity index (χ4n) is 0.815. The highest BCUT2D eigenvalue weighted by Gasteiger charge is 2.19. The maximum absolute atomic E-state index is 11.2. The van der Waals surface area contributed by atoms with Crippen molar-refractivity contribution in [1.29, 1.82) is 0 Å². The minimum Gasteiger partial charge on any atom is -0.465 e. The molecule has 0 aliphatic rings. The van der Waals surface area contributed by atoms with Gasteiger partial charge in [0.2, 0.25) is 5.91 Å². The second-order valence-electron chi connectivity index (χ2n) is 2.57. The molecule has 1 unspecified atom stereocenters. The zero-order chi connectivity index (χ0) is 11.7. The molecular formula is C8H16N2O4S. The molecule has 3 N–H and O–H groups in total. The standard InChI is InChI=1S/C8H16N2O4S/c1-3-14-7(11)5-15-6(4-13-2)8(12)10-9/h6H,3-5,9H2,1-2H3,(H,10,12). The predicted molar refractivity (Wildman–Crippen MR) is 57.1 cm³/mol. The highest BCUT2D eigenvalue weighted by atomic mass is 32.2. The van der Waals surface area contributed by atoms with Crippen molar-refractivity contribution in [3.05, 3.63) is 0 Å². The molecule has 0 aromatic carbocycles. The van der Waals surface area contributed by atoms with Crippen LogP contribution in [-0.2, 0) is 19.1 Å². The van der Waals surface area contributed by atoms with E-state index in [9.17, 15) is 9.59 Å². The summed E-state index contributed by atoms with van der Waals surface area (Å²) in [6.07, 6.45) is 0. The first-order valence-electron chi connectivity index (χ1n) is 4.42. The van der Waals surface area contributed by atoms with Crippen molar-refractivity contribution in [1.82, 2.24) is 5.43 Å². The molecule has 1 amide bonds. The molecule has 0 fully saturated rings. The molecule has 0 rings (SSSR count). The normalized spacial score (nSPS) is 11.9. The van der Waals surface area contributed by atoms with Gasteiger partial charge in [0.25, 0.3) is 0 Å². The fraction of sp³-hybridized carbons (Fsp3) is 0.750. The highest BCUT2D eigenvalue weighted by molar-refractivity contribution is 8.01. The van der Waals surface area contributed by atoms with Crippen molar-refractivity contribution >= 4 is 23.6 Å². The lowest BCUT2D eigenvalue weighted by Gasteiger charge is -2.12. The van der Waals surface area contributed by atoms with Gasteiger partial charge in [-0.1, -0.05) is 0 Å². The third-order valence-electron chi connectivity index (χ3n) is 1.46. The molecule has 1 atom stereocenters. The molecule has 0 spiro atoms. The summed E-state index contributed by atoms with van der Waals surface area (Å²) in [5, 5.41) is -0.496. The number of rotatable bonds is 7. The van der Waals surface area contributed by atoms with Crippen molar-refractivity contribution < 1.29 is 19.1 Å². The van der Waals surface area contributed by atoms with Gasteiger partial charge in [-0.05, 0) is 6.92 Å². The fourth-order valence-corrected chi connectivity index (χ4v) is 1.69. The Morgan fingerprint density at radius 3 is 2.67 bits per heavy atom. The molecule has 0 aromatic rings. The number of thioether (sulfide) groups is 1. The Bertz CT molecular complexity index is 213. The SMILES string of the molecule is CCOC(=O)CSC(COC)C(=O)NN. The van der Waals surface area contributed by atoms with Crippen LogP contribution in [0.2, 0.25) is 0 Å². The smallest absolute Gasteiger partial charge is 0.315 e. The van der Waals surface area contributed by atoms with Gasteiger partial charge in [-0.15, -0.1) is 11.8 Å². The maximum Gasteiger partial charge on any atom is 0.315 e. The van der Waals surface area contributed by atoms with Crippen LogP contribution in [0, 0.1) is 0 Å². The first kappa shape index (κ1) is 14.2. The van der Waals surface area contributed by atoms with E-state index in [2.05, 4.69) is 0 Å². The van der Waals surface area contributed by atoms with E-state index in [0.29, 0.717) is 6.61 Å². The lowest BCUT2D eigenvalue weighted by Crippen LogP contribution is -2.40. The maximum atomic E-state index is 11.2. The Hall–Kier alpha value is -0.790. The second-order valence-corrected chi connectivity index (χ2v) is 3.76. The molecule has 6 nitrogen and oxygen atoms in total. The van der Waals surface area contributed by atoms with Crippen LogP contribution in [0.3, 0.4) is 0 Å². The Balaban J connectivity index is 3.95. The van der Waals surface area contributed by atoms with Crippen molar-refractivity contribution in [2.45, 2.75) is 12.2 Å². The lowest BCUT2D eigenvalue weighted by atomic mass is 10.4. The average Bonchev–Trinajstić information content (AvgIpc) is 2.23. The van der Waals surface area contributed by atoms with E-state index < -0.39 is 5.25 Å². The monoisotopic (exact) mass is 236 g/mol. The van der Waals surface area contributed by atoms with Gasteiger partial charge in [-0.25, -0.2) is 5.84 Å². The number of methoxy groups -OCH3 is 1. The van der Waals surface area contributed by atoms with Crippen LogP contribution < -0.4 is 11.3 Å². The van der Waals surface area contributed by atoms with E-state index >= 15 is 0 Å². The number of hydrogen-bond acceptors (Lipinski definition) is 6. The molecular weight excluding hydrogens is 220 g/mol. The number of amides is 1. The number of hydrogen-bond donors (Lipinski definition) is 2. The van der Waals surface area contributed by atoms with Gasteiger partial charge in [0.05, 0.1) is 19.0 Å². The van der Waals surface area contributed by atoms with Crippen molar-refractivity contribution in [2.24, 2.45) is 5.84 Å². The summed E-state index contributed by atoms with van der Waals surface area (Å²) in [6, 6.07) is 0. The molecule has 0 radical (unpaired) electrons. The van der Waals surface area contributed by atoms with E-state index in [-0.39, 0.29) is 24.2 Å². The van der Waals surface area contributed by atoms with Crippen LogP contribution in [-0.4, -0.2) is 43.2 Å². The summed E-state index contributed by atoms with van der Waals surface area (Å²) in [6.45, 7) is 2.26. The van der Waals surface area contributed by atoms with Crippen LogP contribution in [0.5, 0.6) is 0 Å². The molecule has 0 aromatic heterocycles. The Kier molecular flexibility index (Phi) is 8.06. The van der Waals surface area contributed by atoms with Gasteiger partial charge in [0, 0.05) is 7.11 Å². The molecule has 0 saturated heterocycles. The lowest BCUT2D eigenvalue weighted by molar-refractivity contribution is -0.139. The number of carbonyl (C=O) groups is 2. The number of ether oxygens (including phenoxy) is 2. The Labute approximate surface area is 92.8 Å². The molecule has 0 bridgehead atoms. The quantitative estimate of drug-likeness (QED) is 0.262. The summed E-state index contributed by atoms with van der Waals surface area (Å²) in [7, 11) is 1.47. The average molecular weight is 236 g/mol. The van der Waals surface area contributed by atoms with E-state index in [1.165, 1.54) is 7.11 Å². The summed E-state index contributed by atoms with van der Waals surface area (Å²) >= 11 is 1.14. The summed E-state index contributed by atoms with van der Waals surface area (Å²) in [5.74, 6) is 4.37. The molecule has 0 heterocycles. The summed E-state index contributed by atoms with van der Waals surface area (Å²) < 4.78 is 9.55. The number of nitrogens with two attached hydrogens (primary N) is 1. The third-order valence-corrected chi connectivity index (χ3v) is 2.62. The van der Waals surface area contributed by atoms with Gasteiger partial charge < -0.3 is 9.47 Å². The molecule has 0 saturated carbocycles. The predicted octanol–water partition coefficient (Wildman–Crippen LogP) is -0.712. The van der Waals surface area contributed by atoms with Crippen molar-refractivity contribution in [3.8, 4) is 0 Å². The molecule has 7 heteroatoms. The molecule has 0 aliphatic heterocycles. The number of hydrazine groups is 1. The van der Waals surface area contributed by atoms with Crippen molar-refractivity contribution in [2.75, 3.05) is 26.1 Å². The first-order chi connectivity index (χ1) is 7.15. The Morgan fingerprint density at radius 1 is 1.53 bits per heavy atom. The van der Waals surface area contributed by atoms with E-state index in [1.807, 2.05) is 5.43 Å². The van der Waals surface area contributed by atoms with Gasteiger partial charge in [-0.2, -0.15) is 0 Å². The summed E-state index contributed by atoms with van der Waals surface area (Å²) in [4.78, 5) is 22.2. The zero-order valence-corrected chi connectivity index (χ0v) is 9.63. The topological polar surface area (TPSA) is 90.6 Å². The molecule has 88 valence electrons. The van der Waals surface area contributed by atoms with E-state index in [4.69, 9.17) is 15.3 Å². The number of carbonyl (C=O) groups excluding carboxylic acids is 2. The van der Waals surface area contributed by atoms with E-state index in [0.717, 1.165) is 11.8 Å². The van der Waals surface area contributed by atoms with Crippen LogP contribution >= 0.6 is 11.8 Å². The number of nitrogens with one attached hydrogen (secondary N) is 1.